The van der Waals surface area contributed by atoms with E-state index in [0.717, 1.165) is 30.7 Å². The van der Waals surface area contributed by atoms with E-state index in [1.54, 1.807) is 7.05 Å². The van der Waals surface area contributed by atoms with Crippen molar-refractivity contribution in [2.75, 3.05) is 30.9 Å². The monoisotopic (exact) mass is 478 g/mol. The lowest BCUT2D eigenvalue weighted by Gasteiger charge is -2.22. The number of carbonyl (C=O) groups excluding carboxylic acids is 2. The molecular weight excluding hydrogens is 451 g/mol. The van der Waals surface area contributed by atoms with Crippen molar-refractivity contribution < 1.29 is 23.9 Å². The quantitative estimate of drug-likeness (QED) is 0.344. The number of pyridine rings is 1. The number of hydrogen-bond donors (Lipinski definition) is 2. The number of rotatable bonds is 9. The fraction of sp³-hybridized carbons (Fsp3) is 0.308. The van der Waals surface area contributed by atoms with E-state index in [1.165, 1.54) is 36.4 Å². The Hall–Kier alpha value is -3.85. The van der Waals surface area contributed by atoms with E-state index in [-0.39, 0.29) is 16.8 Å². The molecule has 0 aliphatic carbocycles. The van der Waals surface area contributed by atoms with Crippen molar-refractivity contribution in [2.24, 2.45) is 0 Å². The summed E-state index contributed by atoms with van der Waals surface area (Å²) in [6.07, 6.45) is 3.12. The van der Waals surface area contributed by atoms with Crippen LogP contribution in [0.15, 0.2) is 36.4 Å². The lowest BCUT2D eigenvalue weighted by atomic mass is 10.1. The number of imide groups is 1. The largest absolute Gasteiger partial charge is 0.478 e. The molecule has 0 spiro atoms. The van der Waals surface area contributed by atoms with Crippen molar-refractivity contribution in [1.82, 2.24) is 9.88 Å². The zero-order valence-corrected chi connectivity index (χ0v) is 19.9. The summed E-state index contributed by atoms with van der Waals surface area (Å²) in [5.41, 5.74) is 1.78. The van der Waals surface area contributed by atoms with Crippen LogP contribution in [-0.4, -0.2) is 53.4 Å². The average Bonchev–Trinajstić information content (AvgIpc) is 3.06. The highest BCUT2D eigenvalue weighted by Crippen LogP contribution is 2.34. The van der Waals surface area contributed by atoms with Gasteiger partial charge in [-0.05, 0) is 62.0 Å². The fourth-order valence-electron chi connectivity index (χ4n) is 4.37. The maximum absolute atomic E-state index is 14.1. The Labute approximate surface area is 202 Å². The van der Waals surface area contributed by atoms with Crippen molar-refractivity contribution in [3.8, 4) is 0 Å². The number of amides is 2. The number of benzene rings is 2. The van der Waals surface area contributed by atoms with Gasteiger partial charge in [-0.25, -0.2) is 19.1 Å². The van der Waals surface area contributed by atoms with Gasteiger partial charge in [-0.1, -0.05) is 19.8 Å². The van der Waals surface area contributed by atoms with Crippen LogP contribution in [-0.2, 0) is 6.54 Å². The third-order valence-corrected chi connectivity index (χ3v) is 6.14. The first-order valence-corrected chi connectivity index (χ1v) is 11.5. The van der Waals surface area contributed by atoms with Gasteiger partial charge in [-0.3, -0.25) is 9.59 Å². The number of halogens is 1. The lowest BCUT2D eigenvalue weighted by molar-refractivity contribution is 0.0696. The number of carbonyl (C=O) groups is 3. The van der Waals surface area contributed by atoms with Crippen LogP contribution in [0.1, 0.15) is 63.0 Å². The predicted molar refractivity (Wildman–Crippen MR) is 132 cm³/mol. The standard InChI is InChI=1S/C26H27FN4O4/c1-4-5-6-9-30(3)14-17-10-15(26(34)35)7-8-21(17)31-24(32)19-12-16-11-18(27)13-20(28-2)22(16)29-23(19)25(31)33/h7-8,10-13,28H,4-6,9,14H2,1-3H3,(H,34,35). The van der Waals surface area contributed by atoms with E-state index in [1.807, 2.05) is 11.9 Å². The Morgan fingerprint density at radius 2 is 1.91 bits per heavy atom. The number of nitrogens with zero attached hydrogens (tertiary/aromatic N) is 3. The van der Waals surface area contributed by atoms with Gasteiger partial charge >= 0.3 is 5.97 Å². The summed E-state index contributed by atoms with van der Waals surface area (Å²) in [7, 11) is 3.53. The normalized spacial score (nSPS) is 13.1. The van der Waals surface area contributed by atoms with Crippen LogP contribution in [0.25, 0.3) is 10.9 Å². The number of carboxylic acid groups (broad SMARTS) is 1. The summed E-state index contributed by atoms with van der Waals surface area (Å²) in [6, 6.07) is 8.37. The summed E-state index contributed by atoms with van der Waals surface area (Å²) < 4.78 is 14.1. The van der Waals surface area contributed by atoms with E-state index in [4.69, 9.17) is 0 Å². The van der Waals surface area contributed by atoms with Gasteiger partial charge < -0.3 is 15.3 Å². The Kier molecular flexibility index (Phi) is 6.79. The van der Waals surface area contributed by atoms with Gasteiger partial charge in [-0.2, -0.15) is 0 Å². The van der Waals surface area contributed by atoms with Crippen LogP contribution >= 0.6 is 0 Å². The second kappa shape index (κ2) is 9.79. The molecule has 8 nitrogen and oxygen atoms in total. The maximum atomic E-state index is 14.1. The van der Waals surface area contributed by atoms with Crippen LogP contribution in [0.5, 0.6) is 0 Å². The van der Waals surface area contributed by atoms with Crippen molar-refractivity contribution in [2.45, 2.75) is 32.7 Å². The third-order valence-electron chi connectivity index (χ3n) is 6.14. The number of aromatic carboxylic acids is 1. The Bertz CT molecular complexity index is 1340. The van der Waals surface area contributed by atoms with E-state index < -0.39 is 23.6 Å². The molecule has 9 heteroatoms. The van der Waals surface area contributed by atoms with Gasteiger partial charge in [0.2, 0.25) is 0 Å². The highest BCUT2D eigenvalue weighted by molar-refractivity contribution is 6.34. The fourth-order valence-corrected chi connectivity index (χ4v) is 4.37. The molecule has 0 saturated heterocycles. The molecule has 0 fully saturated rings. The number of hydrogen-bond acceptors (Lipinski definition) is 6. The molecule has 1 aliphatic heterocycles. The summed E-state index contributed by atoms with van der Waals surface area (Å²) in [5.74, 6) is -2.76. The number of anilines is 2. The highest BCUT2D eigenvalue weighted by Gasteiger charge is 2.40. The number of fused-ring (bicyclic) bond motifs is 2. The number of aromatic nitrogens is 1. The Morgan fingerprint density at radius 3 is 2.60 bits per heavy atom. The van der Waals surface area contributed by atoms with Gasteiger partial charge in [0.05, 0.1) is 28.0 Å². The molecule has 0 bridgehead atoms. The van der Waals surface area contributed by atoms with Crippen LogP contribution < -0.4 is 10.2 Å². The molecule has 2 aromatic carbocycles. The summed E-state index contributed by atoms with van der Waals surface area (Å²) in [6.45, 7) is 3.26. The van der Waals surface area contributed by atoms with Crippen LogP contribution in [0.3, 0.4) is 0 Å². The van der Waals surface area contributed by atoms with Crippen molar-refractivity contribution in [3.05, 3.63) is 64.6 Å². The number of carboxylic acids is 1. The van der Waals surface area contributed by atoms with Gasteiger partial charge in [0.1, 0.15) is 11.5 Å². The molecule has 1 aliphatic rings. The van der Waals surface area contributed by atoms with Crippen LogP contribution in [0, 0.1) is 5.82 Å². The van der Waals surface area contributed by atoms with E-state index in [9.17, 15) is 23.9 Å². The minimum Gasteiger partial charge on any atom is -0.478 e. The molecule has 182 valence electrons. The lowest BCUT2D eigenvalue weighted by Crippen LogP contribution is -2.31. The highest BCUT2D eigenvalue weighted by atomic mass is 19.1. The van der Waals surface area contributed by atoms with Crippen molar-refractivity contribution in [3.63, 3.8) is 0 Å². The third kappa shape index (κ3) is 4.59. The molecule has 2 heterocycles. The molecule has 2 N–H and O–H groups in total. The molecule has 0 unspecified atom stereocenters. The molecule has 4 rings (SSSR count). The molecule has 2 amide bonds. The summed E-state index contributed by atoms with van der Waals surface area (Å²) in [4.78, 5) is 45.9. The maximum Gasteiger partial charge on any atom is 0.335 e. The average molecular weight is 479 g/mol. The molecule has 1 aromatic heterocycles. The minimum atomic E-state index is -1.09. The van der Waals surface area contributed by atoms with Crippen LogP contribution in [0.4, 0.5) is 15.8 Å². The smallest absolute Gasteiger partial charge is 0.335 e. The zero-order valence-electron chi connectivity index (χ0n) is 19.9. The molecule has 3 aromatic rings. The topological polar surface area (TPSA) is 103 Å². The minimum absolute atomic E-state index is 0.0184. The SMILES string of the molecule is CCCCCN(C)Cc1cc(C(=O)O)ccc1N1C(=O)c2cc3cc(F)cc(NC)c3nc2C1=O. The molecule has 0 atom stereocenters. The molecule has 35 heavy (non-hydrogen) atoms. The van der Waals surface area contributed by atoms with Gasteiger partial charge in [0, 0.05) is 19.0 Å². The second-order valence-corrected chi connectivity index (χ2v) is 8.70. The molecular formula is C26H27FN4O4. The first kappa shape index (κ1) is 24.3. The van der Waals surface area contributed by atoms with Gasteiger partial charge in [-0.15, -0.1) is 0 Å². The molecule has 0 saturated carbocycles. The summed E-state index contributed by atoms with van der Waals surface area (Å²) >= 11 is 0. The van der Waals surface area contributed by atoms with E-state index in [2.05, 4.69) is 17.2 Å². The van der Waals surface area contributed by atoms with Crippen molar-refractivity contribution >= 4 is 40.1 Å². The Morgan fingerprint density at radius 1 is 1.14 bits per heavy atom. The van der Waals surface area contributed by atoms with E-state index in [0.29, 0.717) is 34.4 Å². The summed E-state index contributed by atoms with van der Waals surface area (Å²) in [5, 5.41) is 12.8. The Balaban J connectivity index is 1.77. The van der Waals surface area contributed by atoms with E-state index >= 15 is 0 Å². The zero-order chi connectivity index (χ0) is 25.3. The first-order chi connectivity index (χ1) is 16.7. The van der Waals surface area contributed by atoms with Gasteiger partial charge in [0.15, 0.2) is 0 Å². The number of nitrogens with one attached hydrogen (secondary N) is 1. The second-order valence-electron chi connectivity index (χ2n) is 8.70. The number of unbranched alkanes of at least 4 members (excludes halogenated alkanes) is 2. The van der Waals surface area contributed by atoms with Crippen molar-refractivity contribution in [1.29, 1.82) is 0 Å². The van der Waals surface area contributed by atoms with Crippen LogP contribution in [0.2, 0.25) is 0 Å². The van der Waals surface area contributed by atoms with Gasteiger partial charge in [0.25, 0.3) is 11.8 Å². The predicted octanol–water partition coefficient (Wildman–Crippen LogP) is 4.54. The first-order valence-electron chi connectivity index (χ1n) is 11.5. The molecule has 0 radical (unpaired) electrons.